The molecular weight excluding hydrogens is 1000 g/mol. The molecule has 474 valence electrons. The Morgan fingerprint density at radius 2 is 0.524 bits per heavy atom. The molecule has 0 aliphatic rings. The third kappa shape index (κ3) is 69.3. The van der Waals surface area contributed by atoms with E-state index in [2.05, 4.69) is 111 Å². The van der Waals surface area contributed by atoms with E-state index in [4.69, 9.17) is 9.47 Å². The molecule has 0 heterocycles. The van der Waals surface area contributed by atoms with E-state index in [-0.39, 0.29) is 25.2 Å². The highest BCUT2D eigenvalue weighted by Crippen LogP contribution is 2.18. The van der Waals surface area contributed by atoms with Crippen molar-refractivity contribution in [2.24, 2.45) is 0 Å². The van der Waals surface area contributed by atoms with Crippen LogP contribution in [0.4, 0.5) is 0 Å². The molecule has 0 aromatic rings. The van der Waals surface area contributed by atoms with Crippen LogP contribution in [-0.4, -0.2) is 36.4 Å². The first-order valence-corrected chi connectivity index (χ1v) is 35.8. The molecule has 0 aromatic carbocycles. The maximum Gasteiger partial charge on any atom is 0.306 e. The van der Waals surface area contributed by atoms with Crippen LogP contribution >= 0.6 is 0 Å². The topological polar surface area (TPSA) is 72.8 Å². The van der Waals surface area contributed by atoms with E-state index in [1.54, 1.807) is 0 Å². The molecule has 1 unspecified atom stereocenters. The van der Waals surface area contributed by atoms with E-state index in [1.807, 2.05) is 0 Å². The van der Waals surface area contributed by atoms with E-state index in [0.29, 0.717) is 12.8 Å². The third-order valence-electron chi connectivity index (χ3n) is 15.9. The lowest BCUT2D eigenvalue weighted by Gasteiger charge is -2.15. The Morgan fingerprint density at radius 1 is 0.293 bits per heavy atom. The Balaban J connectivity index is 3.45. The molecule has 0 bridgehead atoms. The first-order valence-electron chi connectivity index (χ1n) is 35.8. The van der Waals surface area contributed by atoms with Crippen molar-refractivity contribution in [3.05, 3.63) is 97.2 Å². The van der Waals surface area contributed by atoms with Gasteiger partial charge in [-0.15, -0.1) is 0 Å². The third-order valence-corrected chi connectivity index (χ3v) is 15.9. The second-order valence-electron chi connectivity index (χ2n) is 23.9. The number of hydrogen-bond acceptors (Lipinski definition) is 5. The Morgan fingerprint density at radius 3 is 0.805 bits per heavy atom. The fourth-order valence-electron chi connectivity index (χ4n) is 10.5. The van der Waals surface area contributed by atoms with Crippen LogP contribution < -0.4 is 0 Å². The van der Waals surface area contributed by atoms with Crippen molar-refractivity contribution in [2.75, 3.05) is 13.2 Å². The summed E-state index contributed by atoms with van der Waals surface area (Å²) in [5.74, 6) is -0.576. The highest BCUT2D eigenvalue weighted by Gasteiger charge is 2.16. The summed E-state index contributed by atoms with van der Waals surface area (Å²) in [5.41, 5.74) is 0. The zero-order valence-electron chi connectivity index (χ0n) is 54.5. The number of ether oxygens (including phenoxy) is 2. The van der Waals surface area contributed by atoms with E-state index in [0.717, 1.165) is 83.5 Å². The standard InChI is InChI=1S/C77H136O5/c1-3-5-7-9-11-13-15-17-19-21-23-25-27-29-31-33-35-36-37-38-39-40-42-44-46-48-50-52-54-56-58-60-62-64-66-68-70-72-77(80)82-75(73-78)74-81-76(79)71-69-67-65-63-61-59-57-55-53-51-49-47-45-43-41-34-32-30-28-26-24-22-20-18-16-14-12-10-8-6-4-2/h5,7,11,13,17,19,22-25,29,31,35-36,38-39,75,78H,3-4,6,8-10,12,14-16,18,20-21,26-28,30,32-34,37,40-74H2,1-2H3/b7-5-,13-11-,19-17-,24-22-,25-23-,31-29-,36-35-,39-38-. The lowest BCUT2D eigenvalue weighted by Crippen LogP contribution is -2.28. The van der Waals surface area contributed by atoms with Gasteiger partial charge < -0.3 is 14.6 Å². The quantitative estimate of drug-likeness (QED) is 0.0373. The van der Waals surface area contributed by atoms with Gasteiger partial charge in [-0.1, -0.05) is 349 Å². The van der Waals surface area contributed by atoms with E-state index < -0.39 is 6.10 Å². The summed E-state index contributed by atoms with van der Waals surface area (Å²) < 4.78 is 10.8. The average Bonchev–Trinajstić information content (AvgIpc) is 3.49. The zero-order chi connectivity index (χ0) is 59.1. The molecule has 0 radical (unpaired) electrons. The van der Waals surface area contributed by atoms with Gasteiger partial charge >= 0.3 is 11.9 Å². The molecule has 5 heteroatoms. The van der Waals surface area contributed by atoms with Gasteiger partial charge in [-0.3, -0.25) is 9.59 Å². The Kier molecular flexibility index (Phi) is 69.3. The van der Waals surface area contributed by atoms with Gasteiger partial charge in [0.15, 0.2) is 6.10 Å². The summed E-state index contributed by atoms with van der Waals surface area (Å²) in [7, 11) is 0. The fraction of sp³-hybridized carbons (Fsp3) is 0.766. The van der Waals surface area contributed by atoms with E-state index in [9.17, 15) is 14.7 Å². The summed E-state index contributed by atoms with van der Waals surface area (Å²) in [6.07, 6.45) is 103. The van der Waals surface area contributed by atoms with E-state index in [1.165, 1.54) is 250 Å². The number of esters is 2. The number of carbonyl (C=O) groups excluding carboxylic acids is 2. The molecule has 1 N–H and O–H groups in total. The SMILES string of the molecule is CC/C=C\C/C=C\C/C=C\C/C=C\C/C=C\C/C=C\C/C=C\CCCCCCCCCCCCCCCCCC(=O)OC(CO)COC(=O)CCCCCCCCCCCCCCCCCCCCC/C=C\CCCCCCCCCC. The molecule has 0 saturated carbocycles. The summed E-state index contributed by atoms with van der Waals surface area (Å²) in [6.45, 7) is 4.07. The van der Waals surface area contributed by atoms with Crippen LogP contribution in [0.3, 0.4) is 0 Å². The predicted molar refractivity (Wildman–Crippen MR) is 362 cm³/mol. The van der Waals surface area contributed by atoms with Crippen molar-refractivity contribution in [1.82, 2.24) is 0 Å². The molecule has 0 spiro atoms. The molecule has 0 amide bonds. The smallest absolute Gasteiger partial charge is 0.306 e. The Hall–Kier alpha value is -3.18. The Labute approximate surface area is 510 Å². The molecule has 0 fully saturated rings. The summed E-state index contributed by atoms with van der Waals surface area (Å²) in [5, 5.41) is 9.71. The summed E-state index contributed by atoms with van der Waals surface area (Å²) in [6, 6.07) is 0. The zero-order valence-corrected chi connectivity index (χ0v) is 54.5. The van der Waals surface area contributed by atoms with Crippen molar-refractivity contribution < 1.29 is 24.2 Å². The van der Waals surface area contributed by atoms with Crippen LogP contribution in [0.25, 0.3) is 0 Å². The van der Waals surface area contributed by atoms with Crippen LogP contribution in [-0.2, 0) is 19.1 Å². The number of hydrogen-bond donors (Lipinski definition) is 1. The molecule has 0 aliphatic carbocycles. The second-order valence-corrected chi connectivity index (χ2v) is 23.9. The summed E-state index contributed by atoms with van der Waals surface area (Å²) >= 11 is 0. The number of aliphatic hydroxyl groups is 1. The van der Waals surface area contributed by atoms with Gasteiger partial charge in [0.05, 0.1) is 6.61 Å². The minimum atomic E-state index is -0.776. The molecule has 5 nitrogen and oxygen atoms in total. The van der Waals surface area contributed by atoms with Crippen molar-refractivity contribution in [3.8, 4) is 0 Å². The van der Waals surface area contributed by atoms with Gasteiger partial charge in [-0.2, -0.15) is 0 Å². The monoisotopic (exact) mass is 1140 g/mol. The number of unbranched alkanes of at least 4 members (excludes halogenated alkanes) is 42. The average molecular weight is 1140 g/mol. The van der Waals surface area contributed by atoms with Crippen molar-refractivity contribution >= 4 is 11.9 Å². The van der Waals surface area contributed by atoms with Gasteiger partial charge in [0.1, 0.15) is 6.61 Å². The highest BCUT2D eigenvalue weighted by molar-refractivity contribution is 5.70. The van der Waals surface area contributed by atoms with Gasteiger partial charge in [-0.05, 0) is 96.3 Å². The minimum Gasteiger partial charge on any atom is -0.462 e. The van der Waals surface area contributed by atoms with Gasteiger partial charge in [0, 0.05) is 12.8 Å². The van der Waals surface area contributed by atoms with Crippen LogP contribution in [0.15, 0.2) is 97.2 Å². The van der Waals surface area contributed by atoms with E-state index >= 15 is 0 Å². The van der Waals surface area contributed by atoms with Gasteiger partial charge in [0.2, 0.25) is 0 Å². The molecule has 0 aromatic heterocycles. The van der Waals surface area contributed by atoms with Crippen molar-refractivity contribution in [2.45, 2.75) is 367 Å². The maximum absolute atomic E-state index is 12.4. The van der Waals surface area contributed by atoms with Gasteiger partial charge in [0.25, 0.3) is 0 Å². The first-order chi connectivity index (χ1) is 40.6. The fourth-order valence-corrected chi connectivity index (χ4v) is 10.5. The summed E-state index contributed by atoms with van der Waals surface area (Å²) in [4.78, 5) is 24.7. The normalized spacial score (nSPS) is 12.8. The van der Waals surface area contributed by atoms with Crippen LogP contribution in [0.1, 0.15) is 361 Å². The van der Waals surface area contributed by atoms with Crippen LogP contribution in [0.2, 0.25) is 0 Å². The van der Waals surface area contributed by atoms with Crippen LogP contribution in [0.5, 0.6) is 0 Å². The molecule has 0 aliphatic heterocycles. The Bertz CT molecular complexity index is 1530. The predicted octanol–water partition coefficient (Wildman–Crippen LogP) is 25.0. The number of rotatable bonds is 66. The lowest BCUT2D eigenvalue weighted by molar-refractivity contribution is -0.161. The van der Waals surface area contributed by atoms with Crippen LogP contribution in [0, 0.1) is 0 Å². The number of allylic oxidation sites excluding steroid dienone is 16. The molecule has 82 heavy (non-hydrogen) atoms. The van der Waals surface area contributed by atoms with Crippen molar-refractivity contribution in [3.63, 3.8) is 0 Å². The minimum absolute atomic E-state index is 0.0646. The number of aliphatic hydroxyl groups excluding tert-OH is 1. The molecule has 1 atom stereocenters. The first kappa shape index (κ1) is 78.8. The lowest BCUT2D eigenvalue weighted by atomic mass is 10.0. The highest BCUT2D eigenvalue weighted by atomic mass is 16.6. The molecule has 0 saturated heterocycles. The van der Waals surface area contributed by atoms with Gasteiger partial charge in [-0.25, -0.2) is 0 Å². The maximum atomic E-state index is 12.4. The second kappa shape index (κ2) is 72.1. The molecule has 0 rings (SSSR count). The molecular formula is C77H136O5. The largest absolute Gasteiger partial charge is 0.462 e. The number of carbonyl (C=O) groups is 2. The van der Waals surface area contributed by atoms with Crippen molar-refractivity contribution in [1.29, 1.82) is 0 Å².